The van der Waals surface area contributed by atoms with E-state index in [4.69, 9.17) is 4.98 Å². The zero-order valence-electron chi connectivity index (χ0n) is 23.0. The van der Waals surface area contributed by atoms with Crippen LogP contribution in [0.3, 0.4) is 0 Å². The molecule has 5 heteroatoms. The summed E-state index contributed by atoms with van der Waals surface area (Å²) >= 11 is 0. The second-order valence-electron chi connectivity index (χ2n) is 11.4. The molecule has 194 valence electrons. The summed E-state index contributed by atoms with van der Waals surface area (Å²) in [5.41, 5.74) is 7.27. The Morgan fingerprint density at radius 3 is 2.26 bits per heavy atom. The number of benzene rings is 3. The second-order valence-corrected chi connectivity index (χ2v) is 14.2. The molecule has 0 radical (unpaired) electrons. The lowest BCUT2D eigenvalue weighted by Crippen LogP contribution is -2.18. The molecule has 0 bridgehead atoms. The third-order valence-electron chi connectivity index (χ3n) is 7.52. The zero-order chi connectivity index (χ0) is 27.4. The van der Waals surface area contributed by atoms with Crippen molar-refractivity contribution in [2.45, 2.75) is 33.1 Å². The first-order valence-electron chi connectivity index (χ1n) is 13.2. The lowest BCUT2D eigenvalue weighted by Gasteiger charge is -2.20. The molecule has 0 saturated carbocycles. The molecule has 6 rings (SSSR count). The average molecular weight is 530 g/mol. The van der Waals surface area contributed by atoms with Gasteiger partial charge in [-0.05, 0) is 83.7 Å². The molecule has 1 atom stereocenters. The summed E-state index contributed by atoms with van der Waals surface area (Å²) in [6.07, 6.45) is 3.64. The molecule has 3 aromatic heterocycles. The van der Waals surface area contributed by atoms with Gasteiger partial charge in [-0.15, -0.1) is 0 Å². The molecule has 0 aliphatic rings. The van der Waals surface area contributed by atoms with E-state index in [2.05, 4.69) is 97.1 Å². The van der Waals surface area contributed by atoms with E-state index < -0.39 is 7.14 Å². The van der Waals surface area contributed by atoms with Crippen LogP contribution in [0.1, 0.15) is 31.9 Å². The van der Waals surface area contributed by atoms with Gasteiger partial charge in [-0.3, -0.25) is 9.55 Å². The first kappa shape index (κ1) is 25.3. The predicted molar refractivity (Wildman–Crippen MR) is 164 cm³/mol. The van der Waals surface area contributed by atoms with Crippen LogP contribution in [-0.2, 0) is 9.98 Å². The van der Waals surface area contributed by atoms with Crippen LogP contribution in [0.4, 0.5) is 0 Å². The van der Waals surface area contributed by atoms with Crippen molar-refractivity contribution < 1.29 is 4.57 Å². The lowest BCUT2D eigenvalue weighted by atomic mass is 9.88. The minimum Gasteiger partial charge on any atom is -0.312 e. The van der Waals surface area contributed by atoms with Crippen LogP contribution in [0, 0.1) is 6.92 Å². The standard InChI is InChI=1S/C34H32N3OP/c1-23-15-17-36-33(19-23)39(5,38)27-10-8-9-24(20-27)25-13-14-29-28-11-6-7-12-30(28)37(31(29)21-25)32-22-26(16-18-35-32)34(2,3)4/h6-22H,1-5H3. The monoisotopic (exact) mass is 529 g/mol. The van der Waals surface area contributed by atoms with Gasteiger partial charge in [0, 0.05) is 28.5 Å². The van der Waals surface area contributed by atoms with Gasteiger partial charge < -0.3 is 4.57 Å². The van der Waals surface area contributed by atoms with Crippen LogP contribution >= 0.6 is 7.14 Å². The summed E-state index contributed by atoms with van der Waals surface area (Å²) in [5.74, 6) is 0.906. The highest BCUT2D eigenvalue weighted by Crippen LogP contribution is 2.40. The van der Waals surface area contributed by atoms with Crippen molar-refractivity contribution in [1.82, 2.24) is 14.5 Å². The van der Waals surface area contributed by atoms with E-state index in [1.54, 1.807) is 6.20 Å². The molecular formula is C34H32N3OP. The van der Waals surface area contributed by atoms with E-state index >= 15 is 0 Å². The predicted octanol–water partition coefficient (Wildman–Crippen LogP) is 7.79. The average Bonchev–Trinajstić information content (AvgIpc) is 3.26. The third-order valence-corrected chi connectivity index (χ3v) is 9.91. The highest BCUT2D eigenvalue weighted by molar-refractivity contribution is 7.77. The minimum absolute atomic E-state index is 0.0162. The van der Waals surface area contributed by atoms with Crippen LogP contribution in [0.2, 0.25) is 0 Å². The van der Waals surface area contributed by atoms with Crippen LogP contribution in [0.5, 0.6) is 0 Å². The van der Waals surface area contributed by atoms with E-state index in [9.17, 15) is 4.57 Å². The van der Waals surface area contributed by atoms with Crippen molar-refractivity contribution in [2.75, 3.05) is 6.66 Å². The number of rotatable bonds is 4. The zero-order valence-corrected chi connectivity index (χ0v) is 23.9. The molecule has 0 saturated heterocycles. The van der Waals surface area contributed by atoms with Gasteiger partial charge >= 0.3 is 0 Å². The molecule has 0 spiro atoms. The summed E-state index contributed by atoms with van der Waals surface area (Å²) in [6, 6.07) is 31.3. The quantitative estimate of drug-likeness (QED) is 0.219. The molecule has 3 heterocycles. The largest absolute Gasteiger partial charge is 0.312 e. The van der Waals surface area contributed by atoms with Gasteiger partial charge in [0.2, 0.25) is 0 Å². The molecule has 6 aromatic rings. The molecule has 1 unspecified atom stereocenters. The normalized spacial score (nSPS) is 13.6. The fourth-order valence-electron chi connectivity index (χ4n) is 5.24. The maximum absolute atomic E-state index is 14.0. The fourth-order valence-corrected chi connectivity index (χ4v) is 7.00. The van der Waals surface area contributed by atoms with Crippen molar-refractivity contribution in [2.24, 2.45) is 0 Å². The highest BCUT2D eigenvalue weighted by Gasteiger charge is 2.24. The SMILES string of the molecule is Cc1ccnc(P(C)(=O)c2cccc(-c3ccc4c5ccccc5n(-c5cc(C(C)(C)C)ccn5)c4c3)c2)c1. The Kier molecular flexibility index (Phi) is 6.04. The summed E-state index contributed by atoms with van der Waals surface area (Å²) in [4.78, 5) is 9.26. The number of fused-ring (bicyclic) bond motifs is 3. The van der Waals surface area contributed by atoms with Crippen molar-refractivity contribution >= 4 is 39.7 Å². The molecule has 4 nitrogen and oxygen atoms in total. The second kappa shape index (κ2) is 9.32. The number of nitrogens with zero attached hydrogens (tertiary/aromatic N) is 3. The Bertz CT molecular complexity index is 1910. The summed E-state index contributed by atoms with van der Waals surface area (Å²) in [5, 5.41) is 3.18. The highest BCUT2D eigenvalue weighted by atomic mass is 31.2. The van der Waals surface area contributed by atoms with E-state index in [1.165, 1.54) is 16.3 Å². The smallest absolute Gasteiger partial charge is 0.157 e. The van der Waals surface area contributed by atoms with E-state index in [1.807, 2.05) is 44.1 Å². The van der Waals surface area contributed by atoms with E-state index in [-0.39, 0.29) is 5.41 Å². The molecule has 3 aromatic carbocycles. The molecule has 0 aliphatic carbocycles. The number of pyridine rings is 2. The van der Waals surface area contributed by atoms with Gasteiger partial charge in [0.25, 0.3) is 0 Å². The van der Waals surface area contributed by atoms with Crippen LogP contribution < -0.4 is 10.7 Å². The van der Waals surface area contributed by atoms with Crippen LogP contribution in [0.25, 0.3) is 38.8 Å². The Hall–Kier alpha value is -4.01. The summed E-state index contributed by atoms with van der Waals surface area (Å²) in [6.45, 7) is 10.5. The molecule has 0 aliphatic heterocycles. The van der Waals surface area contributed by atoms with Crippen molar-refractivity contribution in [3.05, 3.63) is 115 Å². The number of hydrogen-bond donors (Lipinski definition) is 0. The molecule has 0 amide bonds. The fraction of sp³-hybridized carbons (Fsp3) is 0.176. The number of hydrogen-bond acceptors (Lipinski definition) is 3. The first-order chi connectivity index (χ1) is 18.6. The van der Waals surface area contributed by atoms with Gasteiger partial charge in [-0.1, -0.05) is 69.3 Å². The molecular weight excluding hydrogens is 497 g/mol. The van der Waals surface area contributed by atoms with Crippen molar-refractivity contribution in [1.29, 1.82) is 0 Å². The summed E-state index contributed by atoms with van der Waals surface area (Å²) in [7, 11) is -2.85. The van der Waals surface area contributed by atoms with E-state index in [0.717, 1.165) is 38.8 Å². The van der Waals surface area contributed by atoms with Gasteiger partial charge in [0.1, 0.15) is 11.3 Å². The Balaban J connectivity index is 1.53. The maximum Gasteiger partial charge on any atom is 0.157 e. The lowest BCUT2D eigenvalue weighted by molar-refractivity contribution is 0.588. The first-order valence-corrected chi connectivity index (χ1v) is 15.4. The van der Waals surface area contributed by atoms with Gasteiger partial charge in [-0.25, -0.2) is 4.98 Å². The number of para-hydroxylation sites is 1. The van der Waals surface area contributed by atoms with Gasteiger partial charge in [-0.2, -0.15) is 0 Å². The molecule has 39 heavy (non-hydrogen) atoms. The number of aryl methyl sites for hydroxylation is 1. The Morgan fingerprint density at radius 2 is 1.46 bits per heavy atom. The summed E-state index contributed by atoms with van der Waals surface area (Å²) < 4.78 is 16.2. The molecule has 0 fully saturated rings. The minimum atomic E-state index is -2.85. The van der Waals surface area contributed by atoms with Crippen LogP contribution in [0.15, 0.2) is 103 Å². The third kappa shape index (κ3) is 4.49. The Labute approximate surface area is 229 Å². The topological polar surface area (TPSA) is 47.8 Å². The van der Waals surface area contributed by atoms with Crippen LogP contribution in [-0.4, -0.2) is 21.2 Å². The maximum atomic E-state index is 14.0. The van der Waals surface area contributed by atoms with Gasteiger partial charge in [0.15, 0.2) is 7.14 Å². The molecule has 0 N–H and O–H groups in total. The van der Waals surface area contributed by atoms with E-state index in [0.29, 0.717) is 5.44 Å². The number of aromatic nitrogens is 3. The van der Waals surface area contributed by atoms with Crippen molar-refractivity contribution in [3.63, 3.8) is 0 Å². The van der Waals surface area contributed by atoms with Crippen molar-refractivity contribution in [3.8, 4) is 16.9 Å². The Morgan fingerprint density at radius 1 is 0.718 bits per heavy atom. The van der Waals surface area contributed by atoms with Gasteiger partial charge in [0.05, 0.1) is 11.0 Å².